The zero-order valence-electron chi connectivity index (χ0n) is 27.3. The van der Waals surface area contributed by atoms with Crippen molar-refractivity contribution in [2.24, 2.45) is 17.8 Å². The Morgan fingerprint density at radius 1 is 0.930 bits per heavy atom. The fourth-order valence-corrected chi connectivity index (χ4v) is 5.50. The molecule has 244 valence electrons. The lowest BCUT2D eigenvalue weighted by Gasteiger charge is -2.40. The smallest absolute Gasteiger partial charge is 0.306 e. The molecule has 5 amide bonds. The minimum Gasteiger partial charge on any atom is -0.481 e. The molecule has 12 nitrogen and oxygen atoms in total. The quantitative estimate of drug-likeness (QED) is 0.168. The molecule has 3 unspecified atom stereocenters. The van der Waals surface area contributed by atoms with E-state index in [4.69, 9.17) is 4.74 Å². The Morgan fingerprint density at radius 2 is 1.51 bits per heavy atom. The predicted octanol–water partition coefficient (Wildman–Crippen LogP) is 2.46. The average molecular weight is 609 g/mol. The molecule has 0 aliphatic carbocycles. The van der Waals surface area contributed by atoms with Gasteiger partial charge in [-0.2, -0.15) is 0 Å². The van der Waals surface area contributed by atoms with Gasteiger partial charge in [0.05, 0.1) is 18.6 Å². The van der Waals surface area contributed by atoms with Crippen molar-refractivity contribution < 1.29 is 38.6 Å². The van der Waals surface area contributed by atoms with Gasteiger partial charge in [-0.05, 0) is 30.6 Å². The maximum absolute atomic E-state index is 13.8. The Labute approximate surface area is 256 Å². The van der Waals surface area contributed by atoms with E-state index in [1.165, 1.54) is 34.0 Å². The number of hydrogen-bond acceptors (Lipinski definition) is 7. The van der Waals surface area contributed by atoms with Crippen LogP contribution in [0.2, 0.25) is 0 Å². The van der Waals surface area contributed by atoms with Gasteiger partial charge >= 0.3 is 5.97 Å². The Bertz CT molecular complexity index is 1010. The normalized spacial score (nSPS) is 16.7. The van der Waals surface area contributed by atoms with Crippen molar-refractivity contribution in [3.63, 3.8) is 0 Å². The molecule has 1 rings (SSSR count). The molecule has 0 bridgehead atoms. The Morgan fingerprint density at radius 3 is 1.98 bits per heavy atom. The number of imide groups is 1. The molecule has 0 aromatic rings. The van der Waals surface area contributed by atoms with Gasteiger partial charge in [-0.3, -0.25) is 33.7 Å². The number of methoxy groups -OCH3 is 1. The van der Waals surface area contributed by atoms with Gasteiger partial charge in [-0.15, -0.1) is 0 Å². The van der Waals surface area contributed by atoms with Crippen LogP contribution in [-0.4, -0.2) is 107 Å². The second kappa shape index (κ2) is 17.7. The number of carboxylic acids is 1. The molecule has 0 spiro atoms. The zero-order valence-corrected chi connectivity index (χ0v) is 27.3. The summed E-state index contributed by atoms with van der Waals surface area (Å²) in [5.74, 6) is -3.30. The first-order valence-electron chi connectivity index (χ1n) is 15.2. The molecule has 0 aromatic carbocycles. The first-order chi connectivity index (χ1) is 20.1. The SMILES string of the molecule is CC[C@H](C)C([C@@H](CC(=O)O)OC)N(C)C(=O)C(NC(=O)C(C(C)C)N(C)C(=O)CCCCCN1C(=O)C=CC1=O)C(C)C. The maximum Gasteiger partial charge on any atom is 0.306 e. The third-order valence-corrected chi connectivity index (χ3v) is 8.20. The van der Waals surface area contributed by atoms with Crippen LogP contribution in [-0.2, 0) is 33.5 Å². The van der Waals surface area contributed by atoms with Crippen LogP contribution in [0.1, 0.15) is 80.1 Å². The summed E-state index contributed by atoms with van der Waals surface area (Å²) in [7, 11) is 4.61. The lowest BCUT2D eigenvalue weighted by atomic mass is 9.90. The Balaban J connectivity index is 2.93. The molecule has 2 N–H and O–H groups in total. The first kappa shape index (κ1) is 37.7. The van der Waals surface area contributed by atoms with Gasteiger partial charge in [0, 0.05) is 46.3 Å². The number of carboxylic acid groups (broad SMARTS) is 1. The molecular weight excluding hydrogens is 556 g/mol. The van der Waals surface area contributed by atoms with Crippen LogP contribution in [0.5, 0.6) is 0 Å². The van der Waals surface area contributed by atoms with Crippen molar-refractivity contribution in [3.05, 3.63) is 12.2 Å². The number of rotatable bonds is 19. The molecule has 0 aromatic heterocycles. The van der Waals surface area contributed by atoms with E-state index in [1.807, 2.05) is 41.5 Å². The summed E-state index contributed by atoms with van der Waals surface area (Å²) in [5.41, 5.74) is 0. The largest absolute Gasteiger partial charge is 0.481 e. The molecular formula is C31H52N4O8. The number of nitrogens with one attached hydrogen (secondary N) is 1. The second-order valence-corrected chi connectivity index (χ2v) is 12.1. The molecule has 5 atom stereocenters. The summed E-state index contributed by atoms with van der Waals surface area (Å²) in [6.07, 6.45) is 4.11. The lowest BCUT2D eigenvalue weighted by molar-refractivity contribution is -0.149. The minimum atomic E-state index is -1.03. The summed E-state index contributed by atoms with van der Waals surface area (Å²) in [6, 6.07) is -2.25. The number of aliphatic carboxylic acids is 1. The number of carbonyl (C=O) groups is 6. The summed E-state index contributed by atoms with van der Waals surface area (Å²) in [4.78, 5) is 79.4. The highest BCUT2D eigenvalue weighted by Crippen LogP contribution is 2.23. The van der Waals surface area contributed by atoms with Gasteiger partial charge < -0.3 is 25.0 Å². The Kier molecular flexibility index (Phi) is 15.6. The lowest BCUT2D eigenvalue weighted by Crippen LogP contribution is -2.60. The van der Waals surface area contributed by atoms with Crippen LogP contribution in [0.25, 0.3) is 0 Å². The van der Waals surface area contributed by atoms with Crippen molar-refractivity contribution in [1.29, 1.82) is 0 Å². The van der Waals surface area contributed by atoms with E-state index in [1.54, 1.807) is 14.1 Å². The van der Waals surface area contributed by atoms with E-state index >= 15 is 0 Å². The van der Waals surface area contributed by atoms with Gasteiger partial charge in [-0.25, -0.2) is 0 Å². The zero-order chi connectivity index (χ0) is 33.0. The number of hydrogen-bond donors (Lipinski definition) is 2. The van der Waals surface area contributed by atoms with Gasteiger partial charge in [-0.1, -0.05) is 54.4 Å². The molecule has 0 saturated carbocycles. The summed E-state index contributed by atoms with van der Waals surface area (Å²) in [6.45, 7) is 11.5. The second-order valence-electron chi connectivity index (χ2n) is 12.1. The number of nitrogens with zero attached hydrogens (tertiary/aromatic N) is 3. The van der Waals surface area contributed by atoms with E-state index in [-0.39, 0.29) is 54.2 Å². The number of amides is 5. The average Bonchev–Trinajstić information content (AvgIpc) is 3.26. The van der Waals surface area contributed by atoms with Crippen molar-refractivity contribution in [3.8, 4) is 0 Å². The monoisotopic (exact) mass is 608 g/mol. The van der Waals surface area contributed by atoms with Crippen LogP contribution < -0.4 is 5.32 Å². The van der Waals surface area contributed by atoms with E-state index in [2.05, 4.69) is 5.32 Å². The first-order valence-corrected chi connectivity index (χ1v) is 15.2. The van der Waals surface area contributed by atoms with Gasteiger partial charge in [0.25, 0.3) is 11.8 Å². The van der Waals surface area contributed by atoms with Gasteiger partial charge in [0.2, 0.25) is 17.7 Å². The van der Waals surface area contributed by atoms with E-state index in [0.29, 0.717) is 32.2 Å². The van der Waals surface area contributed by atoms with Gasteiger partial charge in [0.1, 0.15) is 12.1 Å². The van der Waals surface area contributed by atoms with Crippen LogP contribution in [0.3, 0.4) is 0 Å². The van der Waals surface area contributed by atoms with Crippen molar-refractivity contribution in [2.75, 3.05) is 27.7 Å². The maximum atomic E-state index is 13.8. The van der Waals surface area contributed by atoms with Crippen LogP contribution >= 0.6 is 0 Å². The fourth-order valence-electron chi connectivity index (χ4n) is 5.50. The van der Waals surface area contributed by atoms with Crippen LogP contribution in [0.4, 0.5) is 0 Å². The fraction of sp³-hybridized carbons (Fsp3) is 0.742. The molecule has 0 saturated heterocycles. The minimum absolute atomic E-state index is 0.0677. The molecule has 12 heteroatoms. The Hall–Kier alpha value is -3.28. The summed E-state index contributed by atoms with van der Waals surface area (Å²) >= 11 is 0. The standard InChI is InChI=1S/C31H52N4O8/c1-10-21(6)29(22(43-9)18-26(39)40)34(8)31(42)27(19(2)3)32-30(41)28(20(4)5)33(7)23(36)14-12-11-13-17-35-24(37)15-16-25(35)38/h15-16,19-22,27-29H,10-14,17-18H2,1-9H3,(H,32,41)(H,39,40)/t21-,22+,27?,28?,29?/m0/s1. The molecule has 43 heavy (non-hydrogen) atoms. The highest BCUT2D eigenvalue weighted by Gasteiger charge is 2.39. The highest BCUT2D eigenvalue weighted by molar-refractivity contribution is 6.12. The van der Waals surface area contributed by atoms with Crippen LogP contribution in [0.15, 0.2) is 12.2 Å². The number of unbranched alkanes of at least 4 members (excludes halogenated alkanes) is 2. The van der Waals surface area contributed by atoms with E-state index < -0.39 is 36.1 Å². The summed E-state index contributed by atoms with van der Waals surface area (Å²) in [5, 5.41) is 12.3. The number of likely N-dealkylation sites (N-methyl/N-ethyl adjacent to an activating group) is 2. The third-order valence-electron chi connectivity index (χ3n) is 8.20. The van der Waals surface area contributed by atoms with Crippen molar-refractivity contribution in [1.82, 2.24) is 20.0 Å². The summed E-state index contributed by atoms with van der Waals surface area (Å²) < 4.78 is 5.51. The van der Waals surface area contributed by atoms with Gasteiger partial charge in [0.15, 0.2) is 0 Å². The number of ether oxygens (including phenoxy) is 1. The topological polar surface area (TPSA) is 154 Å². The number of carbonyl (C=O) groups excluding carboxylic acids is 5. The van der Waals surface area contributed by atoms with Crippen LogP contribution in [0, 0.1) is 17.8 Å². The molecule has 1 aliphatic rings. The van der Waals surface area contributed by atoms with Crippen molar-refractivity contribution >= 4 is 35.5 Å². The highest BCUT2D eigenvalue weighted by atomic mass is 16.5. The van der Waals surface area contributed by atoms with E-state index in [9.17, 15) is 33.9 Å². The molecule has 0 fully saturated rings. The predicted molar refractivity (Wildman–Crippen MR) is 162 cm³/mol. The molecule has 0 radical (unpaired) electrons. The van der Waals surface area contributed by atoms with Crippen molar-refractivity contribution in [2.45, 2.75) is 104 Å². The third kappa shape index (κ3) is 10.7. The molecule has 1 aliphatic heterocycles. The molecule has 1 heterocycles. The van der Waals surface area contributed by atoms with E-state index in [0.717, 1.165) is 0 Å².